The summed E-state index contributed by atoms with van der Waals surface area (Å²) < 4.78 is 11.9. The normalized spacial score (nSPS) is 14.5. The van der Waals surface area contributed by atoms with Crippen molar-refractivity contribution >= 4 is 28.3 Å². The van der Waals surface area contributed by atoms with E-state index in [-0.39, 0.29) is 12.0 Å². The Kier molecular flexibility index (Phi) is 6.21. The fourth-order valence-corrected chi connectivity index (χ4v) is 3.89. The first kappa shape index (κ1) is 20.9. The van der Waals surface area contributed by atoms with E-state index in [1.165, 1.54) is 5.56 Å². The van der Waals surface area contributed by atoms with Crippen LogP contribution in [0.15, 0.2) is 42.7 Å². The molecule has 7 nitrogen and oxygen atoms in total. The predicted octanol–water partition coefficient (Wildman–Crippen LogP) is 4.33. The maximum atomic E-state index is 11.6. The molecule has 1 aliphatic heterocycles. The van der Waals surface area contributed by atoms with Crippen molar-refractivity contribution < 1.29 is 14.3 Å². The van der Waals surface area contributed by atoms with Gasteiger partial charge in [-0.2, -0.15) is 0 Å². The Balaban J connectivity index is 1.62. The summed E-state index contributed by atoms with van der Waals surface area (Å²) in [5, 5.41) is 4.28. The Labute approximate surface area is 182 Å². The highest BCUT2D eigenvalue weighted by molar-refractivity contribution is 5.93. The molecule has 1 aliphatic rings. The molecular formula is C24H28N4O3. The molecule has 2 aromatic carbocycles. The number of amides is 1. The fourth-order valence-electron chi connectivity index (χ4n) is 3.89. The summed E-state index contributed by atoms with van der Waals surface area (Å²) in [5.74, 6) is 2.13. The van der Waals surface area contributed by atoms with Crippen LogP contribution in [-0.4, -0.2) is 47.1 Å². The van der Waals surface area contributed by atoms with Crippen molar-refractivity contribution in [2.75, 3.05) is 25.5 Å². The molecule has 1 saturated heterocycles. The van der Waals surface area contributed by atoms with Crippen molar-refractivity contribution in [1.82, 2.24) is 14.9 Å². The molecule has 4 rings (SSSR count). The van der Waals surface area contributed by atoms with Gasteiger partial charge in [0.05, 0.1) is 12.6 Å². The molecule has 0 atom stereocenters. The van der Waals surface area contributed by atoms with Gasteiger partial charge in [-0.1, -0.05) is 19.1 Å². The SMILES string of the molecule is CCc1cccc(Nc2ncnc3cc(OC)c(OC4CCN(C(C)=O)CC4)cc23)c1. The van der Waals surface area contributed by atoms with E-state index in [0.29, 0.717) is 24.6 Å². The number of carbonyl (C=O) groups is 1. The molecule has 0 unspecified atom stereocenters. The quantitative estimate of drug-likeness (QED) is 0.640. The molecule has 1 fully saturated rings. The lowest BCUT2D eigenvalue weighted by molar-refractivity contribution is -0.130. The fraction of sp³-hybridized carbons (Fsp3) is 0.375. The van der Waals surface area contributed by atoms with Gasteiger partial charge in [-0.25, -0.2) is 9.97 Å². The number of aromatic nitrogens is 2. The number of fused-ring (bicyclic) bond motifs is 1. The topological polar surface area (TPSA) is 76.6 Å². The van der Waals surface area contributed by atoms with Gasteiger partial charge in [-0.3, -0.25) is 4.79 Å². The van der Waals surface area contributed by atoms with E-state index in [2.05, 4.69) is 34.3 Å². The van der Waals surface area contributed by atoms with Gasteiger partial charge in [0.1, 0.15) is 18.2 Å². The molecule has 1 aromatic heterocycles. The number of aryl methyl sites for hydroxylation is 1. The highest BCUT2D eigenvalue weighted by Crippen LogP contribution is 2.36. The van der Waals surface area contributed by atoms with E-state index >= 15 is 0 Å². The average Bonchev–Trinajstić information content (AvgIpc) is 2.79. The van der Waals surface area contributed by atoms with Crippen LogP contribution in [0.2, 0.25) is 0 Å². The summed E-state index contributed by atoms with van der Waals surface area (Å²) in [5.41, 5.74) is 3.01. The second kappa shape index (κ2) is 9.20. The zero-order valence-electron chi connectivity index (χ0n) is 18.2. The van der Waals surface area contributed by atoms with Crippen LogP contribution >= 0.6 is 0 Å². The lowest BCUT2D eigenvalue weighted by Crippen LogP contribution is -2.40. The summed E-state index contributed by atoms with van der Waals surface area (Å²) in [4.78, 5) is 22.3. The van der Waals surface area contributed by atoms with E-state index < -0.39 is 0 Å². The second-order valence-corrected chi connectivity index (χ2v) is 7.74. The third-order valence-corrected chi connectivity index (χ3v) is 5.70. The van der Waals surface area contributed by atoms with Gasteiger partial charge >= 0.3 is 0 Å². The number of piperidine rings is 1. The number of methoxy groups -OCH3 is 1. The van der Waals surface area contributed by atoms with Crippen molar-refractivity contribution in [1.29, 1.82) is 0 Å². The Hall–Kier alpha value is -3.35. The first-order valence-electron chi connectivity index (χ1n) is 10.7. The number of carbonyl (C=O) groups excluding carboxylic acids is 1. The molecule has 0 radical (unpaired) electrons. The molecule has 0 bridgehead atoms. The summed E-state index contributed by atoms with van der Waals surface area (Å²) in [6, 6.07) is 12.1. The van der Waals surface area contributed by atoms with Crippen LogP contribution in [0.1, 0.15) is 32.3 Å². The number of hydrogen-bond acceptors (Lipinski definition) is 6. The number of hydrogen-bond donors (Lipinski definition) is 1. The van der Waals surface area contributed by atoms with Crippen molar-refractivity contribution in [2.24, 2.45) is 0 Å². The molecular weight excluding hydrogens is 392 g/mol. The van der Waals surface area contributed by atoms with E-state index in [1.54, 1.807) is 20.4 Å². The lowest BCUT2D eigenvalue weighted by atomic mass is 10.1. The van der Waals surface area contributed by atoms with Gasteiger partial charge < -0.3 is 19.7 Å². The van der Waals surface area contributed by atoms with Crippen LogP contribution in [0, 0.1) is 0 Å². The van der Waals surface area contributed by atoms with Crippen LogP contribution < -0.4 is 14.8 Å². The van der Waals surface area contributed by atoms with E-state index in [4.69, 9.17) is 9.47 Å². The van der Waals surface area contributed by atoms with Crippen LogP contribution in [0.3, 0.4) is 0 Å². The van der Waals surface area contributed by atoms with Gasteiger partial charge in [0.2, 0.25) is 5.91 Å². The summed E-state index contributed by atoms with van der Waals surface area (Å²) in [7, 11) is 1.63. The predicted molar refractivity (Wildman–Crippen MR) is 121 cm³/mol. The van der Waals surface area contributed by atoms with Crippen molar-refractivity contribution in [3.8, 4) is 11.5 Å². The monoisotopic (exact) mass is 420 g/mol. The Morgan fingerprint density at radius 3 is 2.68 bits per heavy atom. The maximum absolute atomic E-state index is 11.6. The largest absolute Gasteiger partial charge is 0.493 e. The molecule has 7 heteroatoms. The molecule has 162 valence electrons. The number of anilines is 2. The number of nitrogens with one attached hydrogen (secondary N) is 1. The first-order chi connectivity index (χ1) is 15.1. The van der Waals surface area contributed by atoms with Crippen molar-refractivity contribution in [3.05, 3.63) is 48.3 Å². The van der Waals surface area contributed by atoms with E-state index in [1.807, 2.05) is 29.2 Å². The minimum Gasteiger partial charge on any atom is -0.493 e. The first-order valence-corrected chi connectivity index (χ1v) is 10.7. The zero-order valence-corrected chi connectivity index (χ0v) is 18.2. The molecule has 3 aromatic rings. The van der Waals surface area contributed by atoms with Gasteiger partial charge in [0.25, 0.3) is 0 Å². The minimum absolute atomic E-state index is 0.0317. The Bertz CT molecular complexity index is 1080. The third kappa shape index (κ3) is 4.71. The summed E-state index contributed by atoms with van der Waals surface area (Å²) >= 11 is 0. The van der Waals surface area contributed by atoms with Gasteiger partial charge in [0, 0.05) is 50.0 Å². The Morgan fingerprint density at radius 2 is 1.97 bits per heavy atom. The van der Waals surface area contributed by atoms with Gasteiger partial charge in [-0.05, 0) is 30.2 Å². The third-order valence-electron chi connectivity index (χ3n) is 5.70. The van der Waals surface area contributed by atoms with E-state index in [9.17, 15) is 4.79 Å². The highest BCUT2D eigenvalue weighted by atomic mass is 16.5. The minimum atomic E-state index is 0.0317. The van der Waals surface area contributed by atoms with Crippen molar-refractivity contribution in [2.45, 2.75) is 39.2 Å². The number of ether oxygens (including phenoxy) is 2. The van der Waals surface area contributed by atoms with Crippen LogP contribution in [0.25, 0.3) is 10.9 Å². The molecule has 0 spiro atoms. The highest BCUT2D eigenvalue weighted by Gasteiger charge is 2.23. The van der Waals surface area contributed by atoms with Gasteiger partial charge in [0.15, 0.2) is 11.5 Å². The van der Waals surface area contributed by atoms with Crippen LogP contribution in [0.5, 0.6) is 11.5 Å². The molecule has 1 N–H and O–H groups in total. The smallest absolute Gasteiger partial charge is 0.219 e. The maximum Gasteiger partial charge on any atom is 0.219 e. The molecule has 0 saturated carbocycles. The van der Waals surface area contributed by atoms with E-state index in [0.717, 1.165) is 41.7 Å². The number of likely N-dealkylation sites (tertiary alicyclic amines) is 1. The molecule has 1 amide bonds. The molecule has 2 heterocycles. The van der Waals surface area contributed by atoms with Crippen molar-refractivity contribution in [3.63, 3.8) is 0 Å². The number of nitrogens with zero attached hydrogens (tertiary/aromatic N) is 3. The second-order valence-electron chi connectivity index (χ2n) is 7.74. The summed E-state index contributed by atoms with van der Waals surface area (Å²) in [6.45, 7) is 5.16. The lowest BCUT2D eigenvalue weighted by Gasteiger charge is -2.31. The Morgan fingerprint density at radius 1 is 1.16 bits per heavy atom. The summed E-state index contributed by atoms with van der Waals surface area (Å²) in [6.07, 6.45) is 4.13. The number of benzene rings is 2. The van der Waals surface area contributed by atoms with Crippen LogP contribution in [-0.2, 0) is 11.2 Å². The molecule has 0 aliphatic carbocycles. The zero-order chi connectivity index (χ0) is 21.8. The standard InChI is InChI=1S/C24H28N4O3/c1-4-17-6-5-7-18(12-17)27-24-20-13-23(22(30-3)14-21(20)25-15-26-24)31-19-8-10-28(11-9-19)16(2)29/h5-7,12-15,19H,4,8-11H2,1-3H3,(H,25,26,27). The van der Waals surface area contributed by atoms with Gasteiger partial charge in [-0.15, -0.1) is 0 Å². The molecule has 31 heavy (non-hydrogen) atoms. The van der Waals surface area contributed by atoms with Crippen LogP contribution in [0.4, 0.5) is 11.5 Å². The number of rotatable bonds is 6. The average molecular weight is 421 g/mol.